The van der Waals surface area contributed by atoms with Crippen molar-refractivity contribution in [2.45, 2.75) is 59.5 Å². The van der Waals surface area contributed by atoms with E-state index in [1.807, 2.05) is 0 Å². The molecule has 5 atom stereocenters. The highest BCUT2D eigenvalue weighted by molar-refractivity contribution is 5.67. The van der Waals surface area contributed by atoms with Crippen LogP contribution in [0.3, 0.4) is 0 Å². The molecule has 29 heavy (non-hydrogen) atoms. The molecule has 1 saturated heterocycles. The molecule has 1 aliphatic heterocycles. The van der Waals surface area contributed by atoms with E-state index in [4.69, 9.17) is 9.47 Å². The molecule has 0 radical (unpaired) electrons. The van der Waals surface area contributed by atoms with Crippen LogP contribution < -0.4 is 5.32 Å². The molecule has 2 bridgehead atoms. The Morgan fingerprint density at radius 2 is 2.03 bits per heavy atom. The van der Waals surface area contributed by atoms with Gasteiger partial charge in [0.1, 0.15) is 6.61 Å². The molecule has 4 nitrogen and oxygen atoms in total. The highest BCUT2D eigenvalue weighted by Crippen LogP contribution is 2.53. The summed E-state index contributed by atoms with van der Waals surface area (Å²) < 4.78 is 12.1. The van der Waals surface area contributed by atoms with Gasteiger partial charge < -0.3 is 14.8 Å². The molecule has 4 heteroatoms. The number of fused-ring (bicyclic) bond motifs is 2. The van der Waals surface area contributed by atoms with Crippen molar-refractivity contribution in [1.82, 2.24) is 5.32 Å². The molecule has 3 rings (SSSR count). The predicted octanol–water partition coefficient (Wildman–Crippen LogP) is 5.38. The van der Waals surface area contributed by atoms with E-state index in [2.05, 4.69) is 69.4 Å². The van der Waals surface area contributed by atoms with Crippen LogP contribution in [0.15, 0.2) is 42.0 Å². The van der Waals surface area contributed by atoms with Gasteiger partial charge in [-0.05, 0) is 43.6 Å². The molecule has 1 aromatic carbocycles. The maximum Gasteiger partial charge on any atom is 0.407 e. The van der Waals surface area contributed by atoms with Crippen molar-refractivity contribution in [3.05, 3.63) is 47.5 Å². The second kappa shape index (κ2) is 9.80. The standard InChI is InChI=1S/C25H37NO3/c1-5-6-14-26-24(27)29-17-25-16-28-22(13-12-21-10-8-7-9-11-21)23(20(25)4)18(2)15-19(25)3/h7-11,15,19-20,22-23H,5-6,12-14,16-17H2,1-4H3,(H,26,27). The number of nitrogens with one attached hydrogen (secondary N) is 1. The van der Waals surface area contributed by atoms with Gasteiger partial charge in [-0.25, -0.2) is 4.79 Å². The van der Waals surface area contributed by atoms with Gasteiger partial charge in [0.2, 0.25) is 0 Å². The number of alkyl carbamates (subject to hydrolysis) is 1. The predicted molar refractivity (Wildman–Crippen MR) is 117 cm³/mol. The highest BCUT2D eigenvalue weighted by Gasteiger charge is 2.53. The Hall–Kier alpha value is -1.81. The van der Waals surface area contributed by atoms with Crippen molar-refractivity contribution < 1.29 is 14.3 Å². The lowest BCUT2D eigenvalue weighted by molar-refractivity contribution is -0.164. The van der Waals surface area contributed by atoms with Crippen LogP contribution in [0.1, 0.15) is 52.5 Å². The molecule has 5 unspecified atom stereocenters. The molecule has 1 aromatic rings. The lowest BCUT2D eigenvalue weighted by atomic mass is 9.56. The average molecular weight is 400 g/mol. The third-order valence-corrected chi connectivity index (χ3v) is 7.19. The molecule has 0 spiro atoms. The monoisotopic (exact) mass is 399 g/mol. The first-order valence-electron chi connectivity index (χ1n) is 11.2. The van der Waals surface area contributed by atoms with Crippen LogP contribution in [-0.4, -0.2) is 32.0 Å². The molecule has 1 N–H and O–H groups in total. The summed E-state index contributed by atoms with van der Waals surface area (Å²) >= 11 is 0. The Morgan fingerprint density at radius 3 is 2.76 bits per heavy atom. The first kappa shape index (κ1) is 21.9. The van der Waals surface area contributed by atoms with Crippen LogP contribution >= 0.6 is 0 Å². The zero-order valence-electron chi connectivity index (χ0n) is 18.4. The largest absolute Gasteiger partial charge is 0.449 e. The number of hydrogen-bond donors (Lipinski definition) is 1. The van der Waals surface area contributed by atoms with Crippen molar-refractivity contribution in [1.29, 1.82) is 0 Å². The van der Waals surface area contributed by atoms with Crippen LogP contribution in [-0.2, 0) is 15.9 Å². The maximum atomic E-state index is 12.1. The zero-order chi connectivity index (χ0) is 20.9. The topological polar surface area (TPSA) is 47.6 Å². The van der Waals surface area contributed by atoms with Crippen molar-refractivity contribution in [2.75, 3.05) is 19.8 Å². The summed E-state index contributed by atoms with van der Waals surface area (Å²) in [5.41, 5.74) is 2.64. The fourth-order valence-electron chi connectivity index (χ4n) is 5.22. The minimum absolute atomic E-state index is 0.143. The normalized spacial score (nSPS) is 31.1. The number of allylic oxidation sites excluding steroid dienone is 1. The van der Waals surface area contributed by atoms with E-state index in [1.165, 1.54) is 11.1 Å². The second-order valence-corrected chi connectivity index (χ2v) is 8.98. The van der Waals surface area contributed by atoms with Gasteiger partial charge in [-0.3, -0.25) is 0 Å². The van der Waals surface area contributed by atoms with E-state index in [1.54, 1.807) is 0 Å². The Labute approximate surface area is 176 Å². The summed E-state index contributed by atoms with van der Waals surface area (Å²) in [6, 6.07) is 10.6. The van der Waals surface area contributed by atoms with Crippen LogP contribution in [0, 0.1) is 23.2 Å². The number of carbonyl (C=O) groups excluding carboxylic acids is 1. The molecule has 1 fully saturated rings. The fourth-order valence-corrected chi connectivity index (χ4v) is 5.22. The minimum atomic E-state index is -0.304. The van der Waals surface area contributed by atoms with Gasteiger partial charge in [-0.2, -0.15) is 0 Å². The molecule has 2 aliphatic rings. The van der Waals surface area contributed by atoms with Crippen molar-refractivity contribution >= 4 is 6.09 Å². The third-order valence-electron chi connectivity index (χ3n) is 7.19. The van der Waals surface area contributed by atoms with Crippen LogP contribution in [0.25, 0.3) is 0 Å². The van der Waals surface area contributed by atoms with Crippen LogP contribution in [0.2, 0.25) is 0 Å². The van der Waals surface area contributed by atoms with E-state index in [0.29, 0.717) is 37.5 Å². The Kier molecular flexibility index (Phi) is 7.39. The number of benzene rings is 1. The highest BCUT2D eigenvalue weighted by atomic mass is 16.6. The van der Waals surface area contributed by atoms with Gasteiger partial charge in [0.25, 0.3) is 0 Å². The van der Waals surface area contributed by atoms with E-state index in [9.17, 15) is 4.79 Å². The number of carbonyl (C=O) groups is 1. The van der Waals surface area contributed by atoms with E-state index < -0.39 is 0 Å². The summed E-state index contributed by atoms with van der Waals surface area (Å²) in [5, 5.41) is 2.86. The summed E-state index contributed by atoms with van der Waals surface area (Å²) in [6.07, 6.45) is 6.39. The van der Waals surface area contributed by atoms with E-state index in [-0.39, 0.29) is 17.6 Å². The van der Waals surface area contributed by atoms with E-state index >= 15 is 0 Å². The van der Waals surface area contributed by atoms with Crippen molar-refractivity contribution in [3.8, 4) is 0 Å². The SMILES string of the molecule is CCCCNC(=O)OCC12COC(CCc3ccccc3)C(C(C)=CC1C)C2C. The second-order valence-electron chi connectivity index (χ2n) is 8.98. The molecule has 160 valence electrons. The molecule has 1 aliphatic carbocycles. The van der Waals surface area contributed by atoms with Gasteiger partial charge in [0.05, 0.1) is 12.7 Å². The summed E-state index contributed by atoms with van der Waals surface area (Å²) in [6.45, 7) is 10.7. The van der Waals surface area contributed by atoms with Gasteiger partial charge in [0, 0.05) is 17.9 Å². The Bertz CT molecular complexity index is 701. The third kappa shape index (κ3) is 4.85. The Balaban J connectivity index is 1.65. The maximum absolute atomic E-state index is 12.1. The molecule has 0 aromatic heterocycles. The summed E-state index contributed by atoms with van der Waals surface area (Å²) in [7, 11) is 0. The summed E-state index contributed by atoms with van der Waals surface area (Å²) in [4.78, 5) is 12.1. The van der Waals surface area contributed by atoms with Gasteiger partial charge >= 0.3 is 6.09 Å². The molecular formula is C25H37NO3. The van der Waals surface area contributed by atoms with Gasteiger partial charge in [-0.1, -0.05) is 69.2 Å². The van der Waals surface area contributed by atoms with Crippen molar-refractivity contribution in [3.63, 3.8) is 0 Å². The number of unbranched alkanes of at least 4 members (excludes halogenated alkanes) is 1. The molecule has 1 heterocycles. The van der Waals surface area contributed by atoms with Gasteiger partial charge in [0.15, 0.2) is 0 Å². The minimum Gasteiger partial charge on any atom is -0.449 e. The lowest BCUT2D eigenvalue weighted by Gasteiger charge is -2.55. The Morgan fingerprint density at radius 1 is 1.28 bits per heavy atom. The average Bonchev–Trinajstić information content (AvgIpc) is 2.71. The quantitative estimate of drug-likeness (QED) is 0.472. The lowest BCUT2D eigenvalue weighted by Crippen LogP contribution is -2.57. The van der Waals surface area contributed by atoms with Crippen LogP contribution in [0.5, 0.6) is 0 Å². The number of rotatable bonds is 8. The first-order valence-corrected chi connectivity index (χ1v) is 11.2. The number of hydrogen-bond acceptors (Lipinski definition) is 3. The van der Waals surface area contributed by atoms with Crippen molar-refractivity contribution in [2.24, 2.45) is 23.2 Å². The van der Waals surface area contributed by atoms with E-state index in [0.717, 1.165) is 25.7 Å². The van der Waals surface area contributed by atoms with Gasteiger partial charge in [-0.15, -0.1) is 0 Å². The summed E-state index contributed by atoms with van der Waals surface area (Å²) in [5.74, 6) is 1.13. The smallest absolute Gasteiger partial charge is 0.407 e. The molecular weight excluding hydrogens is 362 g/mol. The number of aryl methyl sites for hydroxylation is 1. The molecule has 0 saturated carbocycles. The zero-order valence-corrected chi connectivity index (χ0v) is 18.4. The fraction of sp³-hybridized carbons (Fsp3) is 0.640. The molecule has 1 amide bonds. The number of amides is 1. The first-order chi connectivity index (χ1) is 14.0. The van der Waals surface area contributed by atoms with Crippen LogP contribution in [0.4, 0.5) is 4.79 Å². The number of ether oxygens (including phenoxy) is 2.